The molecule has 1 saturated heterocycles. The summed E-state index contributed by atoms with van der Waals surface area (Å²) in [7, 11) is 0. The third-order valence-electron chi connectivity index (χ3n) is 2.78. The molecular formula is C12H17N5O. The highest BCUT2D eigenvalue weighted by molar-refractivity contribution is 5.36. The lowest BCUT2D eigenvalue weighted by molar-refractivity contribution is 0.255. The van der Waals surface area contributed by atoms with Crippen LogP contribution >= 0.6 is 0 Å². The van der Waals surface area contributed by atoms with Crippen molar-refractivity contribution >= 4 is 11.9 Å². The van der Waals surface area contributed by atoms with Gasteiger partial charge in [0.15, 0.2) is 6.10 Å². The third kappa shape index (κ3) is 3.00. The van der Waals surface area contributed by atoms with E-state index in [0.717, 1.165) is 25.9 Å². The molecule has 0 radical (unpaired) electrons. The Labute approximate surface area is 107 Å². The number of nitrogen functional groups attached to an aromatic ring is 1. The Morgan fingerprint density at radius 2 is 2.00 bits per heavy atom. The van der Waals surface area contributed by atoms with Gasteiger partial charge in [-0.3, -0.25) is 0 Å². The average Bonchev–Trinajstić information content (AvgIpc) is 2.39. The summed E-state index contributed by atoms with van der Waals surface area (Å²) in [6.07, 6.45) is 8.39. The molecule has 96 valence electrons. The molecule has 0 amide bonds. The van der Waals surface area contributed by atoms with E-state index in [1.807, 2.05) is 0 Å². The minimum Gasteiger partial charge on any atom is -0.447 e. The second kappa shape index (κ2) is 5.54. The van der Waals surface area contributed by atoms with Gasteiger partial charge in [0.25, 0.3) is 0 Å². The lowest BCUT2D eigenvalue weighted by atomic mass is 10.1. The Kier molecular flexibility index (Phi) is 3.82. The molecule has 0 spiro atoms. The van der Waals surface area contributed by atoms with Gasteiger partial charge in [-0.1, -0.05) is 5.92 Å². The van der Waals surface area contributed by atoms with Crippen molar-refractivity contribution in [1.29, 1.82) is 0 Å². The molecule has 6 heteroatoms. The zero-order chi connectivity index (χ0) is 13.0. The fraction of sp³-hybridized carbons (Fsp3) is 0.583. The van der Waals surface area contributed by atoms with Crippen LogP contribution in [-0.2, 0) is 0 Å². The van der Waals surface area contributed by atoms with E-state index < -0.39 is 0 Å². The van der Waals surface area contributed by atoms with Crippen LogP contribution in [0.5, 0.6) is 6.01 Å². The van der Waals surface area contributed by atoms with E-state index in [4.69, 9.17) is 16.9 Å². The van der Waals surface area contributed by atoms with E-state index >= 15 is 0 Å². The lowest BCUT2D eigenvalue weighted by Crippen LogP contribution is -2.31. The molecule has 0 bridgehead atoms. The van der Waals surface area contributed by atoms with Crippen molar-refractivity contribution in [2.45, 2.75) is 32.3 Å². The van der Waals surface area contributed by atoms with Crippen molar-refractivity contribution in [2.75, 3.05) is 23.7 Å². The van der Waals surface area contributed by atoms with Crippen molar-refractivity contribution in [3.05, 3.63) is 0 Å². The highest BCUT2D eigenvalue weighted by Gasteiger charge is 2.16. The van der Waals surface area contributed by atoms with Gasteiger partial charge in [0.05, 0.1) is 0 Å². The second-order valence-electron chi connectivity index (χ2n) is 4.25. The summed E-state index contributed by atoms with van der Waals surface area (Å²) in [5.74, 6) is 3.18. The van der Waals surface area contributed by atoms with E-state index in [2.05, 4.69) is 25.8 Å². The van der Waals surface area contributed by atoms with E-state index in [9.17, 15) is 0 Å². The Bertz CT molecular complexity index is 450. The predicted molar refractivity (Wildman–Crippen MR) is 69.2 cm³/mol. The molecule has 2 N–H and O–H groups in total. The fourth-order valence-electron chi connectivity index (χ4n) is 1.84. The van der Waals surface area contributed by atoms with E-state index in [-0.39, 0.29) is 18.1 Å². The molecule has 1 aliphatic rings. The van der Waals surface area contributed by atoms with Crippen molar-refractivity contribution in [3.63, 3.8) is 0 Å². The van der Waals surface area contributed by atoms with Crippen molar-refractivity contribution in [3.8, 4) is 18.4 Å². The van der Waals surface area contributed by atoms with Gasteiger partial charge in [0, 0.05) is 13.1 Å². The molecule has 1 aliphatic heterocycles. The maximum absolute atomic E-state index is 5.66. The summed E-state index contributed by atoms with van der Waals surface area (Å²) in [5, 5.41) is 0. The van der Waals surface area contributed by atoms with Gasteiger partial charge in [-0.25, -0.2) is 0 Å². The van der Waals surface area contributed by atoms with Gasteiger partial charge in [-0.05, 0) is 26.2 Å². The highest BCUT2D eigenvalue weighted by atomic mass is 16.5. The molecule has 0 aromatic carbocycles. The van der Waals surface area contributed by atoms with E-state index in [1.54, 1.807) is 6.92 Å². The molecule has 6 nitrogen and oxygen atoms in total. The number of aromatic nitrogens is 3. The van der Waals surface area contributed by atoms with Crippen LogP contribution in [0.1, 0.15) is 26.2 Å². The van der Waals surface area contributed by atoms with Crippen LogP contribution in [-0.4, -0.2) is 34.1 Å². The lowest BCUT2D eigenvalue weighted by Gasteiger charge is -2.26. The van der Waals surface area contributed by atoms with Crippen LogP contribution in [0.4, 0.5) is 11.9 Å². The van der Waals surface area contributed by atoms with Crippen LogP contribution < -0.4 is 15.4 Å². The predicted octanol–water partition coefficient (Wildman–Crippen LogP) is 0.845. The second-order valence-corrected chi connectivity index (χ2v) is 4.25. The molecule has 0 saturated carbocycles. The molecule has 1 fully saturated rings. The Morgan fingerprint density at radius 1 is 1.28 bits per heavy atom. The van der Waals surface area contributed by atoms with Gasteiger partial charge >= 0.3 is 6.01 Å². The molecule has 0 aliphatic carbocycles. The summed E-state index contributed by atoms with van der Waals surface area (Å²) in [5.41, 5.74) is 5.66. The maximum Gasteiger partial charge on any atom is 0.324 e. The van der Waals surface area contributed by atoms with Gasteiger partial charge in [-0.2, -0.15) is 15.0 Å². The summed E-state index contributed by atoms with van der Waals surface area (Å²) < 4.78 is 5.37. The molecule has 18 heavy (non-hydrogen) atoms. The average molecular weight is 247 g/mol. The maximum atomic E-state index is 5.66. The van der Waals surface area contributed by atoms with Gasteiger partial charge in [0.1, 0.15) is 0 Å². The van der Waals surface area contributed by atoms with Gasteiger partial charge in [0.2, 0.25) is 11.9 Å². The Morgan fingerprint density at radius 3 is 2.67 bits per heavy atom. The fourth-order valence-corrected chi connectivity index (χ4v) is 1.84. The number of rotatable bonds is 3. The van der Waals surface area contributed by atoms with Crippen LogP contribution in [0, 0.1) is 12.3 Å². The number of ether oxygens (including phenoxy) is 1. The molecule has 2 rings (SSSR count). The number of anilines is 2. The van der Waals surface area contributed by atoms with Crippen molar-refractivity contribution in [2.24, 2.45) is 0 Å². The summed E-state index contributed by atoms with van der Waals surface area (Å²) in [6.45, 7) is 3.63. The Balaban J connectivity index is 2.17. The number of piperidine rings is 1. The standard InChI is InChI=1S/C12H17N5O/c1-3-9(2)18-12-15-10(13)14-11(16-12)17-7-5-4-6-8-17/h1,9H,4-8H2,2H3,(H2,13,14,15,16). The molecule has 2 heterocycles. The first-order chi connectivity index (χ1) is 8.69. The molecule has 1 aromatic heterocycles. The summed E-state index contributed by atoms with van der Waals surface area (Å²) >= 11 is 0. The summed E-state index contributed by atoms with van der Waals surface area (Å²) in [6, 6.07) is 0.188. The monoisotopic (exact) mass is 247 g/mol. The number of hydrogen-bond acceptors (Lipinski definition) is 6. The minimum atomic E-state index is -0.388. The van der Waals surface area contributed by atoms with Crippen LogP contribution in [0.2, 0.25) is 0 Å². The third-order valence-corrected chi connectivity index (χ3v) is 2.78. The topological polar surface area (TPSA) is 77.2 Å². The largest absolute Gasteiger partial charge is 0.447 e. The first-order valence-corrected chi connectivity index (χ1v) is 6.08. The van der Waals surface area contributed by atoms with E-state index in [1.165, 1.54) is 6.42 Å². The minimum absolute atomic E-state index is 0.157. The van der Waals surface area contributed by atoms with Gasteiger partial charge in [-0.15, -0.1) is 6.42 Å². The molecular weight excluding hydrogens is 230 g/mol. The smallest absolute Gasteiger partial charge is 0.324 e. The van der Waals surface area contributed by atoms with E-state index in [0.29, 0.717) is 5.95 Å². The number of hydrogen-bond donors (Lipinski definition) is 1. The van der Waals surface area contributed by atoms with Crippen LogP contribution in [0.25, 0.3) is 0 Å². The number of nitrogens with two attached hydrogens (primary N) is 1. The normalized spacial score (nSPS) is 17.0. The highest BCUT2D eigenvalue weighted by Crippen LogP contribution is 2.18. The zero-order valence-corrected chi connectivity index (χ0v) is 10.5. The van der Waals surface area contributed by atoms with Crippen LogP contribution in [0.3, 0.4) is 0 Å². The van der Waals surface area contributed by atoms with Crippen molar-refractivity contribution in [1.82, 2.24) is 15.0 Å². The van der Waals surface area contributed by atoms with Crippen LogP contribution in [0.15, 0.2) is 0 Å². The first kappa shape index (κ1) is 12.4. The molecule has 1 aromatic rings. The van der Waals surface area contributed by atoms with Crippen molar-refractivity contribution < 1.29 is 4.74 Å². The Hall–Kier alpha value is -2.03. The first-order valence-electron chi connectivity index (χ1n) is 6.08. The number of terminal acetylenes is 1. The van der Waals surface area contributed by atoms with Gasteiger partial charge < -0.3 is 15.4 Å². The zero-order valence-electron chi connectivity index (χ0n) is 10.5. The molecule has 1 atom stereocenters. The molecule has 1 unspecified atom stereocenters. The SMILES string of the molecule is C#CC(C)Oc1nc(N)nc(N2CCCCC2)n1. The summed E-state index contributed by atoms with van der Waals surface area (Å²) in [4.78, 5) is 14.4. The number of nitrogens with zero attached hydrogens (tertiary/aromatic N) is 4. The quantitative estimate of drug-likeness (QED) is 0.798.